The lowest BCUT2D eigenvalue weighted by Gasteiger charge is -2.30. The van der Waals surface area contributed by atoms with E-state index in [1.165, 1.54) is 0 Å². The molecule has 0 aromatic carbocycles. The van der Waals surface area contributed by atoms with Crippen LogP contribution in [0, 0.1) is 11.8 Å². The summed E-state index contributed by atoms with van der Waals surface area (Å²) in [7, 11) is 0. The molecular weight excluding hydrogens is 284 g/mol. The van der Waals surface area contributed by atoms with E-state index in [-0.39, 0.29) is 11.8 Å². The van der Waals surface area contributed by atoms with Gasteiger partial charge in [0, 0.05) is 6.42 Å². The number of esters is 2. The zero-order valence-corrected chi connectivity index (χ0v) is 14.9. The van der Waals surface area contributed by atoms with Crippen LogP contribution in [0.1, 0.15) is 54.9 Å². The van der Waals surface area contributed by atoms with Gasteiger partial charge in [0.25, 0.3) is 0 Å². The lowest BCUT2D eigenvalue weighted by molar-refractivity contribution is -0.165. The van der Waals surface area contributed by atoms with Crippen LogP contribution in [0.2, 0.25) is 0 Å². The smallest absolute Gasteiger partial charge is 0.323 e. The molecule has 0 aliphatic carbocycles. The standard InChI is InChI=1S/C16H32N2O4/c1-9(2)12(17)14(19)21-11(5)8-16(6,7)22-15(20)13(18)10(3)4/h9-13H,8,17-18H2,1-7H3. The van der Waals surface area contributed by atoms with Gasteiger partial charge in [-0.1, -0.05) is 27.7 Å². The van der Waals surface area contributed by atoms with E-state index in [2.05, 4.69) is 0 Å². The van der Waals surface area contributed by atoms with Crippen LogP contribution in [0.3, 0.4) is 0 Å². The van der Waals surface area contributed by atoms with Crippen LogP contribution in [0.4, 0.5) is 0 Å². The second-order valence-electron chi connectivity index (χ2n) is 7.17. The van der Waals surface area contributed by atoms with E-state index in [1.807, 2.05) is 27.7 Å². The van der Waals surface area contributed by atoms with Gasteiger partial charge in [-0.05, 0) is 32.6 Å². The summed E-state index contributed by atoms with van der Waals surface area (Å²) in [4.78, 5) is 23.8. The molecule has 0 rings (SSSR count). The van der Waals surface area contributed by atoms with Gasteiger partial charge in [-0.15, -0.1) is 0 Å². The summed E-state index contributed by atoms with van der Waals surface area (Å²) in [5.74, 6) is -0.877. The summed E-state index contributed by atoms with van der Waals surface area (Å²) < 4.78 is 10.7. The van der Waals surface area contributed by atoms with E-state index < -0.39 is 35.7 Å². The molecule has 0 amide bonds. The van der Waals surface area contributed by atoms with Gasteiger partial charge in [0.15, 0.2) is 0 Å². The van der Waals surface area contributed by atoms with Crippen LogP contribution in [-0.2, 0) is 19.1 Å². The molecule has 130 valence electrons. The van der Waals surface area contributed by atoms with Gasteiger partial charge in [0.2, 0.25) is 0 Å². The number of nitrogens with two attached hydrogens (primary N) is 2. The lowest BCUT2D eigenvalue weighted by Crippen LogP contribution is -2.44. The molecule has 0 saturated carbocycles. The van der Waals surface area contributed by atoms with Crippen LogP contribution in [-0.4, -0.2) is 35.7 Å². The van der Waals surface area contributed by atoms with Crippen LogP contribution in [0.25, 0.3) is 0 Å². The Balaban J connectivity index is 4.52. The molecule has 0 aromatic heterocycles. The first-order valence-electron chi connectivity index (χ1n) is 7.82. The summed E-state index contributed by atoms with van der Waals surface area (Å²) in [5.41, 5.74) is 10.8. The van der Waals surface area contributed by atoms with Gasteiger partial charge < -0.3 is 20.9 Å². The summed E-state index contributed by atoms with van der Waals surface area (Å²) in [6.45, 7) is 12.7. The van der Waals surface area contributed by atoms with Crippen molar-refractivity contribution in [2.24, 2.45) is 23.3 Å². The number of carbonyl (C=O) groups is 2. The highest BCUT2D eigenvalue weighted by molar-refractivity contribution is 5.76. The van der Waals surface area contributed by atoms with Crippen molar-refractivity contribution in [3.8, 4) is 0 Å². The molecule has 0 saturated heterocycles. The van der Waals surface area contributed by atoms with Crippen LogP contribution in [0.15, 0.2) is 0 Å². The van der Waals surface area contributed by atoms with Gasteiger partial charge in [-0.3, -0.25) is 9.59 Å². The van der Waals surface area contributed by atoms with Gasteiger partial charge >= 0.3 is 11.9 Å². The van der Waals surface area contributed by atoms with Gasteiger partial charge in [-0.2, -0.15) is 0 Å². The summed E-state index contributed by atoms with van der Waals surface area (Å²) >= 11 is 0. The minimum atomic E-state index is -0.773. The molecule has 0 radical (unpaired) electrons. The Morgan fingerprint density at radius 3 is 1.73 bits per heavy atom. The highest BCUT2D eigenvalue weighted by Crippen LogP contribution is 2.20. The molecule has 4 N–H and O–H groups in total. The lowest BCUT2D eigenvalue weighted by atomic mass is 10.00. The maximum absolute atomic E-state index is 11.9. The highest BCUT2D eigenvalue weighted by Gasteiger charge is 2.31. The largest absolute Gasteiger partial charge is 0.461 e. The molecule has 0 spiro atoms. The number of hydrogen-bond donors (Lipinski definition) is 2. The molecule has 0 fully saturated rings. The zero-order valence-electron chi connectivity index (χ0n) is 14.9. The van der Waals surface area contributed by atoms with Crippen molar-refractivity contribution in [1.29, 1.82) is 0 Å². The first kappa shape index (κ1) is 20.9. The average Bonchev–Trinajstić information content (AvgIpc) is 2.34. The van der Waals surface area contributed by atoms with E-state index in [0.29, 0.717) is 6.42 Å². The fraction of sp³-hybridized carbons (Fsp3) is 0.875. The molecule has 3 atom stereocenters. The van der Waals surface area contributed by atoms with E-state index in [0.717, 1.165) is 0 Å². The third-order valence-corrected chi connectivity index (χ3v) is 3.45. The number of carbonyl (C=O) groups excluding carboxylic acids is 2. The second-order valence-corrected chi connectivity index (χ2v) is 7.17. The predicted octanol–water partition coefficient (Wildman–Crippen LogP) is 1.60. The molecule has 6 nitrogen and oxygen atoms in total. The van der Waals surface area contributed by atoms with Crippen molar-refractivity contribution in [3.05, 3.63) is 0 Å². The average molecular weight is 316 g/mol. The number of hydrogen-bond acceptors (Lipinski definition) is 6. The van der Waals surface area contributed by atoms with Crippen LogP contribution < -0.4 is 11.5 Å². The Morgan fingerprint density at radius 2 is 1.32 bits per heavy atom. The Bertz CT molecular complexity index is 380. The molecular formula is C16H32N2O4. The van der Waals surface area contributed by atoms with E-state index in [4.69, 9.17) is 20.9 Å². The minimum Gasteiger partial charge on any atom is -0.461 e. The summed E-state index contributed by atoms with van der Waals surface area (Å²) in [6.07, 6.45) is -0.0320. The molecule has 0 heterocycles. The number of rotatable bonds is 8. The Labute approximate surface area is 133 Å². The fourth-order valence-corrected chi connectivity index (χ4v) is 1.94. The van der Waals surface area contributed by atoms with Crippen LogP contribution in [0.5, 0.6) is 0 Å². The van der Waals surface area contributed by atoms with Crippen molar-refractivity contribution >= 4 is 11.9 Å². The SMILES string of the molecule is CC(CC(C)(C)OC(=O)C(N)C(C)C)OC(=O)C(N)C(C)C. The van der Waals surface area contributed by atoms with Crippen LogP contribution >= 0.6 is 0 Å². The molecule has 0 bridgehead atoms. The van der Waals surface area contributed by atoms with Crippen molar-refractivity contribution in [2.75, 3.05) is 0 Å². The topological polar surface area (TPSA) is 105 Å². The Kier molecular flexibility index (Phi) is 8.04. The van der Waals surface area contributed by atoms with E-state index in [9.17, 15) is 9.59 Å². The monoisotopic (exact) mass is 316 g/mol. The van der Waals surface area contributed by atoms with Crippen molar-refractivity contribution in [2.45, 2.75) is 78.7 Å². The third-order valence-electron chi connectivity index (χ3n) is 3.45. The molecule has 0 aliphatic heterocycles. The quantitative estimate of drug-likeness (QED) is 0.659. The highest BCUT2D eigenvalue weighted by atomic mass is 16.6. The molecule has 3 unspecified atom stereocenters. The van der Waals surface area contributed by atoms with Crippen molar-refractivity contribution in [3.63, 3.8) is 0 Å². The maximum atomic E-state index is 11.9. The first-order chi connectivity index (χ1) is 9.87. The van der Waals surface area contributed by atoms with Crippen molar-refractivity contribution < 1.29 is 19.1 Å². The second kappa shape index (κ2) is 8.48. The molecule has 22 heavy (non-hydrogen) atoms. The molecule has 6 heteroatoms. The van der Waals surface area contributed by atoms with Gasteiger partial charge in [-0.25, -0.2) is 0 Å². The minimum absolute atomic E-state index is 0.00240. The Hall–Kier alpha value is -1.14. The van der Waals surface area contributed by atoms with Crippen molar-refractivity contribution in [1.82, 2.24) is 0 Å². The normalized spacial score (nSPS) is 16.3. The van der Waals surface area contributed by atoms with E-state index in [1.54, 1.807) is 20.8 Å². The van der Waals surface area contributed by atoms with Gasteiger partial charge in [0.1, 0.15) is 23.8 Å². The molecule has 0 aromatic rings. The van der Waals surface area contributed by atoms with Gasteiger partial charge in [0.05, 0.1) is 0 Å². The summed E-state index contributed by atoms with van der Waals surface area (Å²) in [6, 6.07) is -1.31. The number of ether oxygens (including phenoxy) is 2. The fourth-order valence-electron chi connectivity index (χ4n) is 1.94. The first-order valence-corrected chi connectivity index (χ1v) is 7.82. The van der Waals surface area contributed by atoms with E-state index >= 15 is 0 Å². The Morgan fingerprint density at radius 1 is 0.909 bits per heavy atom. The zero-order chi connectivity index (χ0) is 17.7. The summed E-state index contributed by atoms with van der Waals surface area (Å²) in [5, 5.41) is 0. The molecule has 0 aliphatic rings. The predicted molar refractivity (Wildman–Crippen MR) is 86.0 cm³/mol. The third kappa shape index (κ3) is 7.22. The maximum Gasteiger partial charge on any atom is 0.323 e.